The minimum atomic E-state index is 0. The molecule has 11 heavy (non-hydrogen) atoms. The maximum Gasteiger partial charge on any atom is 1.00 e. The molecule has 0 radical (unpaired) electrons. The third-order valence-electron chi connectivity index (χ3n) is 2.27. The first kappa shape index (κ1) is 11.0. The van der Waals surface area contributed by atoms with Gasteiger partial charge in [-0.1, -0.05) is 23.3 Å². The van der Waals surface area contributed by atoms with Gasteiger partial charge in [-0.25, -0.2) is 0 Å². The molecule has 0 saturated carbocycles. The van der Waals surface area contributed by atoms with E-state index in [1.807, 2.05) is 0 Å². The van der Waals surface area contributed by atoms with Crippen LogP contribution in [-0.4, -0.2) is 0 Å². The van der Waals surface area contributed by atoms with Crippen LogP contribution in [0.5, 0.6) is 0 Å². The maximum atomic E-state index is 2.30. The van der Waals surface area contributed by atoms with Gasteiger partial charge in [0.25, 0.3) is 0 Å². The van der Waals surface area contributed by atoms with E-state index < -0.39 is 0 Å². The second kappa shape index (κ2) is 5.62. The predicted molar refractivity (Wildman–Crippen MR) is 46.0 cm³/mol. The van der Waals surface area contributed by atoms with Crippen molar-refractivity contribution < 1.29 is 17.1 Å². The van der Waals surface area contributed by atoms with E-state index in [1.54, 1.807) is 11.1 Å². The maximum absolute atomic E-state index is 2.30. The fourth-order valence-electron chi connectivity index (χ4n) is 1.26. The smallest absolute Gasteiger partial charge is 0.0882 e. The molecule has 0 atom stereocenters. The Bertz CT molecular complexity index is 148. The molecule has 0 unspecified atom stereocenters. The van der Waals surface area contributed by atoms with Gasteiger partial charge in [0.15, 0.2) is 0 Å². The normalized spacial score (nSPS) is 18.7. The Morgan fingerprint density at radius 3 is 1.64 bits per heavy atom. The molecule has 0 bridgehead atoms. The second-order valence-corrected chi connectivity index (χ2v) is 3.11. The van der Waals surface area contributed by atoms with Crippen molar-refractivity contribution in [3.05, 3.63) is 23.3 Å². The molecule has 0 heterocycles. The van der Waals surface area contributed by atoms with Gasteiger partial charge in [-0.05, 0) is 39.5 Å². The average molecular weight is 200 g/mol. The Morgan fingerprint density at radius 1 is 0.909 bits per heavy atom. The summed E-state index contributed by atoms with van der Waals surface area (Å²) in [5.41, 5.74) is 3.20. The molecule has 0 spiro atoms. The summed E-state index contributed by atoms with van der Waals surface area (Å²) in [4.78, 5) is 0. The Morgan fingerprint density at radius 2 is 1.27 bits per heavy atom. The van der Waals surface area contributed by atoms with E-state index >= 15 is 0 Å². The van der Waals surface area contributed by atoms with Crippen LogP contribution in [0.2, 0.25) is 0 Å². The van der Waals surface area contributed by atoms with Crippen molar-refractivity contribution in [1.82, 2.24) is 0 Å². The molecule has 0 aromatic carbocycles. The van der Waals surface area contributed by atoms with Gasteiger partial charge in [-0.3, -0.25) is 0 Å². The van der Waals surface area contributed by atoms with Crippen LogP contribution in [0.15, 0.2) is 23.3 Å². The topological polar surface area (TPSA) is 0 Å². The van der Waals surface area contributed by atoms with Gasteiger partial charge in [0, 0.05) is 0 Å². The van der Waals surface area contributed by atoms with Crippen LogP contribution in [0.3, 0.4) is 0 Å². The zero-order valence-corrected chi connectivity index (χ0v) is 8.23. The minimum absolute atomic E-state index is 0. The van der Waals surface area contributed by atoms with Crippen molar-refractivity contribution in [2.45, 2.75) is 39.5 Å². The molecule has 1 aliphatic carbocycles. The number of hydrogen-bond donors (Lipinski definition) is 0. The Kier molecular flexibility index (Phi) is 5.62. The van der Waals surface area contributed by atoms with Crippen molar-refractivity contribution in [3.8, 4) is 0 Å². The van der Waals surface area contributed by atoms with Gasteiger partial charge in [-0.15, -0.1) is 0 Å². The van der Waals surface area contributed by atoms with Crippen LogP contribution in [0.25, 0.3) is 0 Å². The average Bonchev–Trinajstić information content (AvgIpc) is 1.92. The fourth-order valence-corrected chi connectivity index (χ4v) is 1.26. The molecular formula is C10H16Cu+. The SMILES string of the molecule is CC1=C(C)CCC=CCC1.[Cu+]. The molecular weight excluding hydrogens is 184 g/mol. The van der Waals surface area contributed by atoms with E-state index in [0.717, 1.165) is 0 Å². The summed E-state index contributed by atoms with van der Waals surface area (Å²) in [6.45, 7) is 4.52. The Labute approximate surface area is 80.2 Å². The number of allylic oxidation sites excluding steroid dienone is 4. The first-order valence-electron chi connectivity index (χ1n) is 4.11. The van der Waals surface area contributed by atoms with Gasteiger partial charge in [-0.2, -0.15) is 0 Å². The van der Waals surface area contributed by atoms with Crippen LogP contribution in [0, 0.1) is 0 Å². The summed E-state index contributed by atoms with van der Waals surface area (Å²) in [5, 5.41) is 0. The van der Waals surface area contributed by atoms with Crippen molar-refractivity contribution in [2.75, 3.05) is 0 Å². The van der Waals surface area contributed by atoms with E-state index in [9.17, 15) is 0 Å². The van der Waals surface area contributed by atoms with Crippen LogP contribution in [0.4, 0.5) is 0 Å². The fraction of sp³-hybridized carbons (Fsp3) is 0.600. The first-order valence-corrected chi connectivity index (χ1v) is 4.11. The summed E-state index contributed by atoms with van der Waals surface area (Å²) in [7, 11) is 0. The van der Waals surface area contributed by atoms with Crippen molar-refractivity contribution in [1.29, 1.82) is 0 Å². The van der Waals surface area contributed by atoms with Gasteiger partial charge in [0.2, 0.25) is 0 Å². The van der Waals surface area contributed by atoms with Gasteiger partial charge in [0.1, 0.15) is 0 Å². The molecule has 66 valence electrons. The largest absolute Gasteiger partial charge is 1.00 e. The van der Waals surface area contributed by atoms with Crippen LogP contribution >= 0.6 is 0 Å². The molecule has 0 N–H and O–H groups in total. The first-order chi connectivity index (χ1) is 4.80. The second-order valence-electron chi connectivity index (χ2n) is 3.11. The summed E-state index contributed by atoms with van der Waals surface area (Å²) >= 11 is 0. The van der Waals surface area contributed by atoms with Gasteiger partial charge < -0.3 is 0 Å². The van der Waals surface area contributed by atoms with Gasteiger partial charge in [0.05, 0.1) is 0 Å². The predicted octanol–water partition coefficient (Wildman–Crippen LogP) is 3.45. The molecule has 1 heteroatoms. The van der Waals surface area contributed by atoms with E-state index in [2.05, 4.69) is 26.0 Å². The molecule has 0 aliphatic heterocycles. The molecule has 0 aromatic heterocycles. The molecule has 0 nitrogen and oxygen atoms in total. The number of rotatable bonds is 0. The van der Waals surface area contributed by atoms with E-state index in [0.29, 0.717) is 0 Å². The molecule has 0 aromatic rings. The molecule has 0 saturated heterocycles. The quantitative estimate of drug-likeness (QED) is 0.414. The van der Waals surface area contributed by atoms with E-state index in [4.69, 9.17) is 0 Å². The van der Waals surface area contributed by atoms with Crippen molar-refractivity contribution >= 4 is 0 Å². The monoisotopic (exact) mass is 199 g/mol. The van der Waals surface area contributed by atoms with Crippen LogP contribution in [0.1, 0.15) is 39.5 Å². The molecule has 1 aliphatic rings. The zero-order valence-electron chi connectivity index (χ0n) is 7.28. The minimum Gasteiger partial charge on any atom is -0.0882 e. The zero-order chi connectivity index (χ0) is 7.40. The van der Waals surface area contributed by atoms with Crippen molar-refractivity contribution in [2.24, 2.45) is 0 Å². The summed E-state index contributed by atoms with van der Waals surface area (Å²) < 4.78 is 0. The van der Waals surface area contributed by atoms with E-state index in [-0.39, 0.29) is 17.1 Å². The molecule has 1 rings (SSSR count). The standard InChI is InChI=1S/C10H16.Cu/c1-9-7-5-3-4-6-8-10(9)2;/h3-4H,5-8H2,1-2H3;/q;+1. The van der Waals surface area contributed by atoms with Crippen LogP contribution in [-0.2, 0) is 17.1 Å². The molecule has 0 amide bonds. The Balaban J connectivity index is 0.000001000. The Hall–Kier alpha value is -0.000519. The summed E-state index contributed by atoms with van der Waals surface area (Å²) in [6.07, 6.45) is 9.61. The number of hydrogen-bond acceptors (Lipinski definition) is 0. The summed E-state index contributed by atoms with van der Waals surface area (Å²) in [6, 6.07) is 0. The summed E-state index contributed by atoms with van der Waals surface area (Å²) in [5.74, 6) is 0. The third kappa shape index (κ3) is 3.79. The van der Waals surface area contributed by atoms with Crippen LogP contribution < -0.4 is 0 Å². The third-order valence-corrected chi connectivity index (χ3v) is 2.27. The van der Waals surface area contributed by atoms with E-state index in [1.165, 1.54) is 25.7 Å². The van der Waals surface area contributed by atoms with Crippen molar-refractivity contribution in [3.63, 3.8) is 0 Å². The molecule has 0 fully saturated rings. The van der Waals surface area contributed by atoms with Gasteiger partial charge >= 0.3 is 17.1 Å².